The van der Waals surface area contributed by atoms with Gasteiger partial charge >= 0.3 is 0 Å². The highest BCUT2D eigenvalue weighted by Crippen LogP contribution is 2.27. The number of anilines is 1. The summed E-state index contributed by atoms with van der Waals surface area (Å²) in [6.07, 6.45) is 2.07. The molecule has 0 aliphatic rings. The highest BCUT2D eigenvalue weighted by molar-refractivity contribution is 6.08. The Hall–Kier alpha value is -2.62. The number of amides is 1. The number of para-hydroxylation sites is 1. The number of aromatic nitrogens is 1. The number of carbonyl (C=O) groups excluding carboxylic acids is 1. The summed E-state index contributed by atoms with van der Waals surface area (Å²) in [5.41, 5.74) is 3.32. The van der Waals surface area contributed by atoms with E-state index in [1.165, 1.54) is 12.1 Å². The number of nitrogens with zero attached hydrogens (tertiary/aromatic N) is 1. The number of nitrogens with one attached hydrogen (secondary N) is 1. The first-order valence-electron chi connectivity index (χ1n) is 8.26. The zero-order chi connectivity index (χ0) is 17.1. The van der Waals surface area contributed by atoms with E-state index >= 15 is 0 Å². The summed E-state index contributed by atoms with van der Waals surface area (Å²) in [6, 6.07) is 13.9. The van der Waals surface area contributed by atoms with Gasteiger partial charge in [0.15, 0.2) is 0 Å². The number of unbranched alkanes of at least 4 members (excludes halogenated alkanes) is 1. The zero-order valence-electron chi connectivity index (χ0n) is 14.0. The smallest absolute Gasteiger partial charge is 0.272 e. The number of benzene rings is 2. The lowest BCUT2D eigenvalue weighted by molar-refractivity contribution is 0.101. The third-order valence-corrected chi connectivity index (χ3v) is 4.28. The maximum atomic E-state index is 13.0. The van der Waals surface area contributed by atoms with E-state index < -0.39 is 0 Å². The predicted molar refractivity (Wildman–Crippen MR) is 95.9 cm³/mol. The van der Waals surface area contributed by atoms with Crippen molar-refractivity contribution in [3.63, 3.8) is 0 Å². The molecule has 0 bridgehead atoms. The van der Waals surface area contributed by atoms with Crippen LogP contribution in [0.4, 0.5) is 10.1 Å². The Balaban J connectivity index is 2.01. The Morgan fingerprint density at radius 1 is 1.12 bits per heavy atom. The molecule has 2 aromatic carbocycles. The lowest BCUT2D eigenvalue weighted by Crippen LogP contribution is -2.18. The minimum atomic E-state index is -0.318. The van der Waals surface area contributed by atoms with Crippen LogP contribution in [0.15, 0.2) is 48.5 Å². The van der Waals surface area contributed by atoms with Gasteiger partial charge in [0.2, 0.25) is 0 Å². The van der Waals surface area contributed by atoms with E-state index in [4.69, 9.17) is 0 Å². The minimum Gasteiger partial charge on any atom is -0.336 e. The summed E-state index contributed by atoms with van der Waals surface area (Å²) >= 11 is 0. The van der Waals surface area contributed by atoms with Crippen LogP contribution in [-0.4, -0.2) is 10.5 Å². The molecule has 3 nitrogen and oxygen atoms in total. The van der Waals surface area contributed by atoms with Crippen LogP contribution in [-0.2, 0) is 6.54 Å². The largest absolute Gasteiger partial charge is 0.336 e. The van der Waals surface area contributed by atoms with Gasteiger partial charge in [-0.3, -0.25) is 4.79 Å². The fourth-order valence-corrected chi connectivity index (χ4v) is 3.04. The van der Waals surface area contributed by atoms with Gasteiger partial charge in [-0.1, -0.05) is 31.5 Å². The summed E-state index contributed by atoms with van der Waals surface area (Å²) in [4.78, 5) is 12.8. The van der Waals surface area contributed by atoms with Crippen LogP contribution in [0, 0.1) is 12.7 Å². The van der Waals surface area contributed by atoms with E-state index in [9.17, 15) is 9.18 Å². The fraction of sp³-hybridized carbons (Fsp3) is 0.250. The first-order valence-corrected chi connectivity index (χ1v) is 8.26. The molecule has 1 aromatic heterocycles. The monoisotopic (exact) mass is 324 g/mol. The van der Waals surface area contributed by atoms with E-state index in [1.54, 1.807) is 12.1 Å². The molecular weight excluding hydrogens is 303 g/mol. The van der Waals surface area contributed by atoms with Gasteiger partial charge < -0.3 is 9.88 Å². The van der Waals surface area contributed by atoms with Crippen LogP contribution in [0.2, 0.25) is 0 Å². The third-order valence-electron chi connectivity index (χ3n) is 4.28. The maximum Gasteiger partial charge on any atom is 0.272 e. The quantitative estimate of drug-likeness (QED) is 0.692. The molecule has 3 rings (SSSR count). The SMILES string of the molecule is CCCCn1c(C(=O)Nc2ccc(F)cc2)c(C)c2ccccc21. The molecule has 24 heavy (non-hydrogen) atoms. The van der Waals surface area contributed by atoms with Crippen molar-refractivity contribution < 1.29 is 9.18 Å². The number of aryl methyl sites for hydroxylation is 2. The summed E-state index contributed by atoms with van der Waals surface area (Å²) in [6.45, 7) is 4.91. The molecule has 0 saturated heterocycles. The predicted octanol–water partition coefficient (Wildman–Crippen LogP) is 5.14. The summed E-state index contributed by atoms with van der Waals surface area (Å²) < 4.78 is 15.1. The van der Waals surface area contributed by atoms with Crippen LogP contribution < -0.4 is 5.32 Å². The Bertz CT molecular complexity index is 865. The van der Waals surface area contributed by atoms with Crippen molar-refractivity contribution in [2.24, 2.45) is 0 Å². The summed E-state index contributed by atoms with van der Waals surface area (Å²) in [5.74, 6) is -0.479. The second kappa shape index (κ2) is 6.87. The molecule has 1 heterocycles. The molecule has 0 spiro atoms. The average molecular weight is 324 g/mol. The van der Waals surface area contributed by atoms with E-state index in [0.717, 1.165) is 35.9 Å². The van der Waals surface area contributed by atoms with Crippen molar-refractivity contribution in [3.05, 3.63) is 65.6 Å². The van der Waals surface area contributed by atoms with Gasteiger partial charge in [0.25, 0.3) is 5.91 Å². The van der Waals surface area contributed by atoms with E-state index in [2.05, 4.69) is 16.8 Å². The molecule has 0 aliphatic heterocycles. The summed E-state index contributed by atoms with van der Waals surface area (Å²) in [7, 11) is 0. The van der Waals surface area contributed by atoms with Gasteiger partial charge in [-0.15, -0.1) is 0 Å². The van der Waals surface area contributed by atoms with Gasteiger partial charge in [-0.25, -0.2) is 4.39 Å². The molecule has 124 valence electrons. The number of halogens is 1. The van der Waals surface area contributed by atoms with Crippen LogP contribution in [0.5, 0.6) is 0 Å². The zero-order valence-corrected chi connectivity index (χ0v) is 14.0. The molecule has 0 atom stereocenters. The van der Waals surface area contributed by atoms with E-state index in [0.29, 0.717) is 11.4 Å². The average Bonchev–Trinajstić information content (AvgIpc) is 2.88. The first-order chi connectivity index (χ1) is 11.6. The van der Waals surface area contributed by atoms with E-state index in [-0.39, 0.29) is 11.7 Å². The Morgan fingerprint density at radius 2 is 1.83 bits per heavy atom. The van der Waals surface area contributed by atoms with Crippen molar-refractivity contribution >= 4 is 22.5 Å². The summed E-state index contributed by atoms with van der Waals surface area (Å²) in [5, 5.41) is 3.97. The highest BCUT2D eigenvalue weighted by atomic mass is 19.1. The molecule has 0 unspecified atom stereocenters. The molecule has 1 amide bonds. The third kappa shape index (κ3) is 3.04. The number of fused-ring (bicyclic) bond motifs is 1. The number of carbonyl (C=O) groups is 1. The van der Waals surface area contributed by atoms with Crippen molar-refractivity contribution in [1.82, 2.24) is 4.57 Å². The van der Waals surface area contributed by atoms with Crippen molar-refractivity contribution in [3.8, 4) is 0 Å². The Labute approximate surface area is 141 Å². The van der Waals surface area contributed by atoms with Gasteiger partial charge in [0.1, 0.15) is 11.5 Å². The van der Waals surface area contributed by atoms with E-state index in [1.807, 2.05) is 31.2 Å². The van der Waals surface area contributed by atoms with Crippen molar-refractivity contribution in [2.75, 3.05) is 5.32 Å². The number of hydrogen-bond acceptors (Lipinski definition) is 1. The van der Waals surface area contributed by atoms with Crippen LogP contribution in [0.3, 0.4) is 0 Å². The standard InChI is InChI=1S/C20H21FN2O/c1-3-4-13-23-18-8-6-5-7-17(18)14(2)19(23)20(24)22-16-11-9-15(21)10-12-16/h5-12H,3-4,13H2,1-2H3,(H,22,24). The van der Waals surface area contributed by atoms with Gasteiger partial charge in [0.05, 0.1) is 0 Å². The van der Waals surface area contributed by atoms with Crippen molar-refractivity contribution in [2.45, 2.75) is 33.2 Å². The molecule has 0 radical (unpaired) electrons. The number of hydrogen-bond donors (Lipinski definition) is 1. The Morgan fingerprint density at radius 3 is 2.54 bits per heavy atom. The molecule has 0 fully saturated rings. The maximum absolute atomic E-state index is 13.0. The lowest BCUT2D eigenvalue weighted by Gasteiger charge is -2.11. The molecule has 3 aromatic rings. The molecular formula is C20H21FN2O. The molecule has 0 saturated carbocycles. The molecule has 4 heteroatoms. The molecule has 0 aliphatic carbocycles. The van der Waals surface area contributed by atoms with Crippen LogP contribution in [0.1, 0.15) is 35.8 Å². The number of rotatable bonds is 5. The fourth-order valence-electron chi connectivity index (χ4n) is 3.04. The van der Waals surface area contributed by atoms with Gasteiger partial charge in [-0.05, 0) is 49.2 Å². The second-order valence-corrected chi connectivity index (χ2v) is 5.96. The van der Waals surface area contributed by atoms with Crippen molar-refractivity contribution in [1.29, 1.82) is 0 Å². The topological polar surface area (TPSA) is 34.0 Å². The first kappa shape index (κ1) is 16.2. The van der Waals surface area contributed by atoms with Crippen LogP contribution >= 0.6 is 0 Å². The minimum absolute atomic E-state index is 0.161. The normalized spacial score (nSPS) is 11.0. The highest BCUT2D eigenvalue weighted by Gasteiger charge is 2.19. The van der Waals surface area contributed by atoms with Gasteiger partial charge in [-0.2, -0.15) is 0 Å². The van der Waals surface area contributed by atoms with Crippen LogP contribution in [0.25, 0.3) is 10.9 Å². The second-order valence-electron chi connectivity index (χ2n) is 5.96. The molecule has 1 N–H and O–H groups in total. The lowest BCUT2D eigenvalue weighted by atomic mass is 10.1. The Kier molecular flexibility index (Phi) is 4.65. The van der Waals surface area contributed by atoms with Gasteiger partial charge in [0, 0.05) is 23.1 Å².